The topological polar surface area (TPSA) is 17.1 Å². The van der Waals surface area contributed by atoms with Gasteiger partial charge in [0.25, 0.3) is 0 Å². The van der Waals surface area contributed by atoms with Gasteiger partial charge in [-0.3, -0.25) is 4.79 Å². The van der Waals surface area contributed by atoms with E-state index in [2.05, 4.69) is 6.92 Å². The molecule has 0 aliphatic rings. The highest BCUT2D eigenvalue weighted by molar-refractivity contribution is 6.35. The molecule has 1 rings (SSSR count). The smallest absolute Gasteiger partial charge is 0.137 e. The van der Waals surface area contributed by atoms with Gasteiger partial charge in [-0.15, -0.1) is 0 Å². The number of ketones is 1. The summed E-state index contributed by atoms with van der Waals surface area (Å²) in [6.45, 7) is 2.16. The Hall–Kier alpha value is -0.530. The number of carbonyl (C=O) groups excluding carboxylic acids is 1. The SMILES string of the molecule is CCCCCCC(=O)Cc1ccc(Cl)cc1Cl. The van der Waals surface area contributed by atoms with Gasteiger partial charge in [0.15, 0.2) is 0 Å². The van der Waals surface area contributed by atoms with Crippen molar-refractivity contribution < 1.29 is 4.79 Å². The molecule has 0 N–H and O–H groups in total. The van der Waals surface area contributed by atoms with E-state index in [1.165, 1.54) is 12.8 Å². The molecule has 0 fully saturated rings. The maximum absolute atomic E-state index is 11.7. The van der Waals surface area contributed by atoms with Gasteiger partial charge in [0.2, 0.25) is 0 Å². The van der Waals surface area contributed by atoms with Crippen molar-refractivity contribution in [3.63, 3.8) is 0 Å². The van der Waals surface area contributed by atoms with Crippen molar-refractivity contribution in [1.82, 2.24) is 0 Å². The van der Waals surface area contributed by atoms with Crippen molar-refractivity contribution >= 4 is 29.0 Å². The van der Waals surface area contributed by atoms with Crippen LogP contribution in [0.3, 0.4) is 0 Å². The zero-order valence-electron chi connectivity index (χ0n) is 10.1. The van der Waals surface area contributed by atoms with Crippen LogP contribution in [0.15, 0.2) is 18.2 Å². The Morgan fingerprint density at radius 1 is 1.18 bits per heavy atom. The second-order valence-electron chi connectivity index (χ2n) is 4.26. The first-order chi connectivity index (χ1) is 8.13. The molecule has 0 bridgehead atoms. The Labute approximate surface area is 113 Å². The minimum absolute atomic E-state index is 0.255. The number of halogens is 2. The summed E-state index contributed by atoms with van der Waals surface area (Å²) in [5, 5.41) is 1.19. The molecule has 1 aromatic rings. The summed E-state index contributed by atoms with van der Waals surface area (Å²) in [7, 11) is 0. The van der Waals surface area contributed by atoms with Crippen molar-refractivity contribution in [1.29, 1.82) is 0 Å². The molecule has 0 spiro atoms. The molecule has 0 radical (unpaired) electrons. The quantitative estimate of drug-likeness (QED) is 0.633. The van der Waals surface area contributed by atoms with E-state index in [-0.39, 0.29) is 5.78 Å². The number of Topliss-reactive ketones (excluding diaryl/α,β-unsaturated/α-hetero) is 1. The molecule has 17 heavy (non-hydrogen) atoms. The third kappa shape index (κ3) is 5.56. The summed E-state index contributed by atoms with van der Waals surface area (Å²) < 4.78 is 0. The van der Waals surface area contributed by atoms with Crippen LogP contribution in [0.5, 0.6) is 0 Å². The van der Waals surface area contributed by atoms with Gasteiger partial charge in [0.1, 0.15) is 5.78 Å². The first-order valence-electron chi connectivity index (χ1n) is 6.09. The van der Waals surface area contributed by atoms with E-state index >= 15 is 0 Å². The van der Waals surface area contributed by atoms with E-state index in [1.807, 2.05) is 6.07 Å². The molecule has 0 aliphatic heterocycles. The summed E-state index contributed by atoms with van der Waals surface area (Å²) in [6.07, 6.45) is 5.59. The lowest BCUT2D eigenvalue weighted by molar-refractivity contribution is -0.118. The van der Waals surface area contributed by atoms with Crippen LogP contribution in [0.4, 0.5) is 0 Å². The van der Waals surface area contributed by atoms with Gasteiger partial charge >= 0.3 is 0 Å². The van der Waals surface area contributed by atoms with E-state index in [4.69, 9.17) is 23.2 Å². The summed E-state index contributed by atoms with van der Waals surface area (Å²) >= 11 is 11.8. The molecule has 0 atom stereocenters. The van der Waals surface area contributed by atoms with Crippen LogP contribution in [0.1, 0.15) is 44.6 Å². The van der Waals surface area contributed by atoms with Crippen LogP contribution in [0, 0.1) is 0 Å². The van der Waals surface area contributed by atoms with Crippen LogP contribution in [0.2, 0.25) is 10.0 Å². The summed E-state index contributed by atoms with van der Waals surface area (Å²) in [6, 6.07) is 5.28. The van der Waals surface area contributed by atoms with E-state index < -0.39 is 0 Å². The van der Waals surface area contributed by atoms with E-state index in [0.717, 1.165) is 18.4 Å². The second-order valence-corrected chi connectivity index (χ2v) is 5.11. The molecule has 0 saturated carbocycles. The molecule has 94 valence electrons. The van der Waals surface area contributed by atoms with Gasteiger partial charge in [-0.1, -0.05) is 55.5 Å². The second kappa shape index (κ2) is 7.73. The lowest BCUT2D eigenvalue weighted by atomic mass is 10.0. The van der Waals surface area contributed by atoms with Crippen molar-refractivity contribution in [2.75, 3.05) is 0 Å². The Morgan fingerprint density at radius 2 is 1.94 bits per heavy atom. The predicted octanol–water partition coefficient (Wildman–Crippen LogP) is 5.08. The Bertz CT molecular complexity index is 374. The maximum atomic E-state index is 11.7. The average molecular weight is 273 g/mol. The third-order valence-electron chi connectivity index (χ3n) is 2.71. The van der Waals surface area contributed by atoms with Crippen molar-refractivity contribution in [2.24, 2.45) is 0 Å². The molecule has 1 nitrogen and oxygen atoms in total. The highest BCUT2D eigenvalue weighted by atomic mass is 35.5. The van der Waals surface area contributed by atoms with Crippen LogP contribution < -0.4 is 0 Å². The zero-order chi connectivity index (χ0) is 12.7. The van der Waals surface area contributed by atoms with Crippen molar-refractivity contribution in [3.8, 4) is 0 Å². The molecular formula is C14H18Cl2O. The minimum atomic E-state index is 0.255. The first-order valence-corrected chi connectivity index (χ1v) is 6.84. The highest BCUT2D eigenvalue weighted by Crippen LogP contribution is 2.22. The molecule has 3 heteroatoms. The summed E-state index contributed by atoms with van der Waals surface area (Å²) in [5.74, 6) is 0.255. The lowest BCUT2D eigenvalue weighted by Crippen LogP contribution is -2.03. The molecule has 0 aromatic heterocycles. The minimum Gasteiger partial charge on any atom is -0.299 e. The van der Waals surface area contributed by atoms with Gasteiger partial charge in [0.05, 0.1) is 0 Å². The van der Waals surface area contributed by atoms with Crippen molar-refractivity contribution in [3.05, 3.63) is 33.8 Å². The normalized spacial score (nSPS) is 10.5. The average Bonchev–Trinajstić information content (AvgIpc) is 2.28. The lowest BCUT2D eigenvalue weighted by Gasteiger charge is -2.04. The first kappa shape index (κ1) is 14.5. The van der Waals surface area contributed by atoms with Gasteiger partial charge in [-0.25, -0.2) is 0 Å². The molecule has 0 saturated heterocycles. The maximum Gasteiger partial charge on any atom is 0.137 e. The van der Waals surface area contributed by atoms with Gasteiger partial charge < -0.3 is 0 Å². The predicted molar refractivity (Wildman–Crippen MR) is 73.9 cm³/mol. The molecule has 0 heterocycles. The van der Waals surface area contributed by atoms with Crippen LogP contribution in [-0.2, 0) is 11.2 Å². The Balaban J connectivity index is 2.40. The zero-order valence-corrected chi connectivity index (χ0v) is 11.7. The Morgan fingerprint density at radius 3 is 2.59 bits per heavy atom. The fraction of sp³-hybridized carbons (Fsp3) is 0.500. The van der Waals surface area contributed by atoms with Gasteiger partial charge in [-0.2, -0.15) is 0 Å². The van der Waals surface area contributed by atoms with E-state index in [0.29, 0.717) is 22.9 Å². The number of hydrogen-bond acceptors (Lipinski definition) is 1. The fourth-order valence-electron chi connectivity index (χ4n) is 1.71. The standard InChI is InChI=1S/C14H18Cl2O/c1-2-3-4-5-6-13(17)9-11-7-8-12(15)10-14(11)16/h7-8,10H,2-6,9H2,1H3. The van der Waals surface area contributed by atoms with E-state index in [1.54, 1.807) is 12.1 Å². The molecule has 0 amide bonds. The number of unbranched alkanes of at least 4 members (excludes halogenated alkanes) is 3. The van der Waals surface area contributed by atoms with Crippen LogP contribution >= 0.6 is 23.2 Å². The summed E-state index contributed by atoms with van der Waals surface area (Å²) in [4.78, 5) is 11.7. The number of carbonyl (C=O) groups is 1. The van der Waals surface area contributed by atoms with Crippen LogP contribution in [0.25, 0.3) is 0 Å². The van der Waals surface area contributed by atoms with Crippen LogP contribution in [-0.4, -0.2) is 5.78 Å². The fourth-order valence-corrected chi connectivity index (χ4v) is 2.19. The number of rotatable bonds is 7. The van der Waals surface area contributed by atoms with Crippen molar-refractivity contribution in [2.45, 2.75) is 45.4 Å². The number of benzene rings is 1. The molecule has 0 unspecified atom stereocenters. The summed E-state index contributed by atoms with van der Waals surface area (Å²) in [5.41, 5.74) is 0.872. The van der Waals surface area contributed by atoms with Gasteiger partial charge in [0, 0.05) is 22.9 Å². The largest absolute Gasteiger partial charge is 0.299 e. The third-order valence-corrected chi connectivity index (χ3v) is 3.30. The molecular weight excluding hydrogens is 255 g/mol. The molecule has 0 aliphatic carbocycles. The monoisotopic (exact) mass is 272 g/mol. The van der Waals surface area contributed by atoms with Gasteiger partial charge in [-0.05, 0) is 24.1 Å². The number of hydrogen-bond donors (Lipinski definition) is 0. The molecule has 1 aromatic carbocycles. The van der Waals surface area contributed by atoms with E-state index in [9.17, 15) is 4.79 Å². The highest BCUT2D eigenvalue weighted by Gasteiger charge is 2.07. The Kier molecular flexibility index (Phi) is 6.61.